The molecule has 1 unspecified atom stereocenters. The lowest BCUT2D eigenvalue weighted by atomic mass is 9.99. The summed E-state index contributed by atoms with van der Waals surface area (Å²) in [4.78, 5) is 2.20. The summed E-state index contributed by atoms with van der Waals surface area (Å²) in [6, 6.07) is 17.7. The fourth-order valence-electron chi connectivity index (χ4n) is 3.88. The van der Waals surface area contributed by atoms with E-state index in [0.29, 0.717) is 5.11 Å². The van der Waals surface area contributed by atoms with E-state index in [0.717, 1.165) is 47.3 Å². The Hall–Kier alpha value is -3.19. The third-order valence-electron chi connectivity index (χ3n) is 5.35. The molecular weight excluding hydrogens is 398 g/mol. The fraction of sp³-hybridized carbons (Fsp3) is 0.261. The Morgan fingerprint density at radius 1 is 0.933 bits per heavy atom. The zero-order valence-electron chi connectivity index (χ0n) is 17.3. The number of hydrogen-bond donors (Lipinski definition) is 1. The molecule has 0 radical (unpaired) electrons. The summed E-state index contributed by atoms with van der Waals surface area (Å²) in [6.07, 6.45) is 2.10. The van der Waals surface area contributed by atoms with Gasteiger partial charge in [0.2, 0.25) is 0 Å². The van der Waals surface area contributed by atoms with Gasteiger partial charge in [-0.1, -0.05) is 6.07 Å². The van der Waals surface area contributed by atoms with Crippen molar-refractivity contribution in [2.24, 2.45) is 0 Å². The van der Waals surface area contributed by atoms with Crippen molar-refractivity contribution in [3.8, 4) is 17.2 Å². The van der Waals surface area contributed by atoms with Crippen molar-refractivity contribution in [2.75, 3.05) is 33.2 Å². The highest BCUT2D eigenvalue weighted by molar-refractivity contribution is 7.80. The van der Waals surface area contributed by atoms with Gasteiger partial charge in [-0.25, -0.2) is 0 Å². The topological polar surface area (TPSA) is 47.9 Å². The molecule has 0 saturated carbocycles. The van der Waals surface area contributed by atoms with Crippen molar-refractivity contribution >= 4 is 23.0 Å². The van der Waals surface area contributed by atoms with Gasteiger partial charge in [0.25, 0.3) is 0 Å². The van der Waals surface area contributed by atoms with Crippen molar-refractivity contribution in [3.05, 3.63) is 72.1 Å². The first-order chi connectivity index (χ1) is 14.6. The maximum absolute atomic E-state index is 5.85. The standard InChI is InChI=1S/C23H25N3O3S/c1-27-17-7-4-6-16(14-17)24-23(30)26-13-12-25-11-5-8-20(25)22(26)19-15-18(28-2)9-10-21(19)29-3/h4-11,14-15,22H,12-13H2,1-3H3,(H,24,30). The minimum atomic E-state index is -0.107. The molecule has 156 valence electrons. The van der Waals surface area contributed by atoms with Gasteiger partial charge in [-0.05, 0) is 54.7 Å². The highest BCUT2D eigenvalue weighted by atomic mass is 32.1. The molecule has 1 atom stereocenters. The van der Waals surface area contributed by atoms with Gasteiger partial charge in [0, 0.05) is 42.3 Å². The number of thiocarbonyl (C=S) groups is 1. The first-order valence-corrected chi connectivity index (χ1v) is 10.1. The van der Waals surface area contributed by atoms with Crippen LogP contribution in [0.5, 0.6) is 17.2 Å². The summed E-state index contributed by atoms with van der Waals surface area (Å²) in [5.74, 6) is 2.35. The zero-order chi connectivity index (χ0) is 21.1. The quantitative estimate of drug-likeness (QED) is 0.617. The number of benzene rings is 2. The van der Waals surface area contributed by atoms with Gasteiger partial charge < -0.3 is 29.0 Å². The van der Waals surface area contributed by atoms with Crippen LogP contribution < -0.4 is 19.5 Å². The molecule has 2 aromatic carbocycles. The van der Waals surface area contributed by atoms with Crippen LogP contribution in [0, 0.1) is 0 Å². The summed E-state index contributed by atoms with van der Waals surface area (Å²) >= 11 is 5.85. The normalized spacial score (nSPS) is 15.3. The Morgan fingerprint density at radius 3 is 2.50 bits per heavy atom. The van der Waals surface area contributed by atoms with Gasteiger partial charge in [0.05, 0.1) is 21.3 Å². The molecule has 7 heteroatoms. The van der Waals surface area contributed by atoms with Crippen LogP contribution in [0.1, 0.15) is 17.3 Å². The van der Waals surface area contributed by atoms with E-state index in [1.807, 2.05) is 42.5 Å². The molecule has 2 heterocycles. The fourth-order valence-corrected chi connectivity index (χ4v) is 4.19. The van der Waals surface area contributed by atoms with E-state index in [1.54, 1.807) is 21.3 Å². The van der Waals surface area contributed by atoms with E-state index in [2.05, 4.69) is 33.1 Å². The summed E-state index contributed by atoms with van der Waals surface area (Å²) in [6.45, 7) is 1.62. The Kier molecular flexibility index (Phi) is 5.81. The van der Waals surface area contributed by atoms with Crippen molar-refractivity contribution in [1.82, 2.24) is 9.47 Å². The number of nitrogens with zero attached hydrogens (tertiary/aromatic N) is 2. The third kappa shape index (κ3) is 3.80. The molecule has 6 nitrogen and oxygen atoms in total. The predicted octanol–water partition coefficient (Wildman–Crippen LogP) is 4.32. The maximum Gasteiger partial charge on any atom is 0.174 e. The van der Waals surface area contributed by atoms with Gasteiger partial charge in [0.1, 0.15) is 23.3 Å². The molecule has 0 spiro atoms. The first kappa shape index (κ1) is 20.1. The summed E-state index contributed by atoms with van der Waals surface area (Å²) < 4.78 is 18.8. The molecule has 0 bridgehead atoms. The Morgan fingerprint density at radius 2 is 1.73 bits per heavy atom. The largest absolute Gasteiger partial charge is 0.497 e. The monoisotopic (exact) mass is 423 g/mol. The van der Waals surface area contributed by atoms with Gasteiger partial charge in [0.15, 0.2) is 5.11 Å². The van der Waals surface area contributed by atoms with Gasteiger partial charge in [-0.2, -0.15) is 0 Å². The number of fused-ring (bicyclic) bond motifs is 1. The van der Waals surface area contributed by atoms with Crippen LogP contribution in [0.3, 0.4) is 0 Å². The number of ether oxygens (including phenoxy) is 3. The summed E-state index contributed by atoms with van der Waals surface area (Å²) in [5, 5.41) is 4.02. The minimum Gasteiger partial charge on any atom is -0.497 e. The number of hydrogen-bond acceptors (Lipinski definition) is 4. The zero-order valence-corrected chi connectivity index (χ0v) is 18.1. The molecule has 1 aromatic heterocycles. The lowest BCUT2D eigenvalue weighted by Crippen LogP contribution is -2.44. The second kappa shape index (κ2) is 8.67. The second-order valence-electron chi connectivity index (χ2n) is 6.99. The predicted molar refractivity (Wildman–Crippen MR) is 122 cm³/mol. The number of rotatable bonds is 5. The van der Waals surface area contributed by atoms with Crippen LogP contribution >= 0.6 is 12.2 Å². The van der Waals surface area contributed by atoms with Gasteiger partial charge in [-0.15, -0.1) is 0 Å². The van der Waals surface area contributed by atoms with Crippen LogP contribution in [0.2, 0.25) is 0 Å². The van der Waals surface area contributed by atoms with Crippen LogP contribution in [-0.2, 0) is 6.54 Å². The average molecular weight is 424 g/mol. The Bertz CT molecular complexity index is 1050. The van der Waals surface area contributed by atoms with Crippen LogP contribution in [0.25, 0.3) is 0 Å². The van der Waals surface area contributed by atoms with E-state index in [4.69, 9.17) is 26.4 Å². The molecule has 0 fully saturated rings. The Balaban J connectivity index is 1.73. The van der Waals surface area contributed by atoms with Crippen LogP contribution in [0.15, 0.2) is 60.8 Å². The number of aromatic nitrogens is 1. The second-order valence-corrected chi connectivity index (χ2v) is 7.38. The van der Waals surface area contributed by atoms with Crippen LogP contribution in [-0.4, -0.2) is 42.5 Å². The molecule has 1 aliphatic heterocycles. The molecule has 4 rings (SSSR count). The number of methoxy groups -OCH3 is 3. The van der Waals surface area contributed by atoms with Crippen molar-refractivity contribution in [2.45, 2.75) is 12.6 Å². The van der Waals surface area contributed by atoms with E-state index in [-0.39, 0.29) is 6.04 Å². The number of nitrogens with one attached hydrogen (secondary N) is 1. The summed E-state index contributed by atoms with van der Waals surface area (Å²) in [7, 11) is 5.01. The van der Waals surface area contributed by atoms with E-state index >= 15 is 0 Å². The maximum atomic E-state index is 5.85. The minimum absolute atomic E-state index is 0.107. The molecule has 0 aliphatic carbocycles. The summed E-state index contributed by atoms with van der Waals surface area (Å²) in [5.41, 5.74) is 3.05. The highest BCUT2D eigenvalue weighted by Gasteiger charge is 2.33. The van der Waals surface area contributed by atoms with E-state index in [1.165, 1.54) is 0 Å². The molecule has 1 aliphatic rings. The lowest BCUT2D eigenvalue weighted by molar-refractivity contribution is 0.284. The molecular formula is C23H25N3O3S. The van der Waals surface area contributed by atoms with Crippen LogP contribution in [0.4, 0.5) is 5.69 Å². The average Bonchev–Trinajstić information content (AvgIpc) is 3.27. The molecule has 0 saturated heterocycles. The molecule has 3 aromatic rings. The molecule has 0 amide bonds. The lowest BCUT2D eigenvalue weighted by Gasteiger charge is -2.39. The van der Waals surface area contributed by atoms with E-state index < -0.39 is 0 Å². The van der Waals surface area contributed by atoms with Crippen molar-refractivity contribution in [3.63, 3.8) is 0 Å². The van der Waals surface area contributed by atoms with Gasteiger partial charge >= 0.3 is 0 Å². The Labute approximate surface area is 182 Å². The van der Waals surface area contributed by atoms with Crippen molar-refractivity contribution in [1.29, 1.82) is 0 Å². The smallest absolute Gasteiger partial charge is 0.174 e. The highest BCUT2D eigenvalue weighted by Crippen LogP contribution is 2.39. The van der Waals surface area contributed by atoms with E-state index in [9.17, 15) is 0 Å². The number of anilines is 1. The third-order valence-corrected chi connectivity index (χ3v) is 5.69. The van der Waals surface area contributed by atoms with Crippen molar-refractivity contribution < 1.29 is 14.2 Å². The van der Waals surface area contributed by atoms with Gasteiger partial charge in [-0.3, -0.25) is 0 Å². The molecule has 1 N–H and O–H groups in total. The first-order valence-electron chi connectivity index (χ1n) is 9.73. The molecule has 30 heavy (non-hydrogen) atoms. The SMILES string of the molecule is COc1cccc(NC(=S)N2CCn3cccc3C2c2cc(OC)ccc2OC)c1.